The van der Waals surface area contributed by atoms with E-state index in [1.807, 2.05) is 12.1 Å². The molecule has 2 heterocycles. The SMILES string of the molecule is O=C(Nc1ccc(CCN2CCC(O)CC2)cc1)[C@@H]1CCCO1. The lowest BCUT2D eigenvalue weighted by Crippen LogP contribution is -2.37. The zero-order chi connectivity index (χ0) is 16.1. The smallest absolute Gasteiger partial charge is 0.253 e. The summed E-state index contributed by atoms with van der Waals surface area (Å²) < 4.78 is 5.39. The number of nitrogens with one attached hydrogen (secondary N) is 1. The first-order valence-corrected chi connectivity index (χ1v) is 8.62. The lowest BCUT2D eigenvalue weighted by molar-refractivity contribution is -0.124. The Balaban J connectivity index is 1.44. The van der Waals surface area contributed by atoms with E-state index in [1.165, 1.54) is 5.56 Å². The van der Waals surface area contributed by atoms with Crippen LogP contribution in [0.25, 0.3) is 0 Å². The van der Waals surface area contributed by atoms with Crippen LogP contribution in [0.3, 0.4) is 0 Å². The normalized spacial score (nSPS) is 23.1. The number of carbonyl (C=O) groups is 1. The predicted octanol–water partition coefficient (Wildman–Crippen LogP) is 1.80. The van der Waals surface area contributed by atoms with E-state index in [1.54, 1.807) is 0 Å². The van der Waals surface area contributed by atoms with Gasteiger partial charge in [-0.2, -0.15) is 0 Å². The molecule has 2 aliphatic heterocycles. The molecule has 2 N–H and O–H groups in total. The molecule has 2 fully saturated rings. The summed E-state index contributed by atoms with van der Waals surface area (Å²) in [6, 6.07) is 8.07. The van der Waals surface area contributed by atoms with Gasteiger partial charge in [0.1, 0.15) is 6.10 Å². The maximum absolute atomic E-state index is 12.0. The van der Waals surface area contributed by atoms with Gasteiger partial charge in [0.05, 0.1) is 6.10 Å². The first-order chi connectivity index (χ1) is 11.2. The molecule has 0 unspecified atom stereocenters. The average Bonchev–Trinajstić information content (AvgIpc) is 3.10. The molecule has 2 aliphatic rings. The molecule has 1 aromatic carbocycles. The number of aliphatic hydroxyl groups is 1. The van der Waals surface area contributed by atoms with E-state index >= 15 is 0 Å². The van der Waals surface area contributed by atoms with Gasteiger partial charge in [-0.15, -0.1) is 0 Å². The molecule has 1 amide bonds. The van der Waals surface area contributed by atoms with Crippen molar-refractivity contribution < 1.29 is 14.6 Å². The lowest BCUT2D eigenvalue weighted by Gasteiger charge is -2.29. The molecule has 2 saturated heterocycles. The minimum Gasteiger partial charge on any atom is -0.393 e. The number of carbonyl (C=O) groups excluding carboxylic acids is 1. The summed E-state index contributed by atoms with van der Waals surface area (Å²) in [6.45, 7) is 3.67. The van der Waals surface area contributed by atoms with Gasteiger partial charge in [0.15, 0.2) is 0 Å². The van der Waals surface area contributed by atoms with Crippen LogP contribution in [0.2, 0.25) is 0 Å². The fourth-order valence-corrected chi connectivity index (χ4v) is 3.19. The molecule has 23 heavy (non-hydrogen) atoms. The molecule has 0 aliphatic carbocycles. The number of nitrogens with zero attached hydrogens (tertiary/aromatic N) is 1. The summed E-state index contributed by atoms with van der Waals surface area (Å²) in [5, 5.41) is 12.4. The molecule has 3 rings (SSSR count). The maximum Gasteiger partial charge on any atom is 0.253 e. The van der Waals surface area contributed by atoms with Crippen LogP contribution in [0.1, 0.15) is 31.2 Å². The molecule has 0 spiro atoms. The molecule has 126 valence electrons. The highest BCUT2D eigenvalue weighted by Crippen LogP contribution is 2.16. The van der Waals surface area contributed by atoms with Crippen molar-refractivity contribution in [3.8, 4) is 0 Å². The van der Waals surface area contributed by atoms with E-state index in [0.717, 1.165) is 57.4 Å². The van der Waals surface area contributed by atoms with Gasteiger partial charge >= 0.3 is 0 Å². The van der Waals surface area contributed by atoms with Crippen LogP contribution in [0.4, 0.5) is 5.69 Å². The number of hydrogen-bond acceptors (Lipinski definition) is 4. The highest BCUT2D eigenvalue weighted by atomic mass is 16.5. The molecule has 0 radical (unpaired) electrons. The summed E-state index contributed by atoms with van der Waals surface area (Å²) >= 11 is 0. The number of piperidine rings is 1. The van der Waals surface area contributed by atoms with Crippen molar-refractivity contribution in [1.82, 2.24) is 4.90 Å². The third kappa shape index (κ3) is 4.77. The van der Waals surface area contributed by atoms with Gasteiger partial charge in [-0.25, -0.2) is 0 Å². The highest BCUT2D eigenvalue weighted by Gasteiger charge is 2.23. The minimum atomic E-state index is -0.288. The van der Waals surface area contributed by atoms with Crippen molar-refractivity contribution in [2.45, 2.75) is 44.3 Å². The van der Waals surface area contributed by atoms with Gasteiger partial charge in [-0.1, -0.05) is 12.1 Å². The molecular weight excluding hydrogens is 292 g/mol. The maximum atomic E-state index is 12.0. The van der Waals surface area contributed by atoms with E-state index in [4.69, 9.17) is 4.74 Å². The summed E-state index contributed by atoms with van der Waals surface area (Å²) in [7, 11) is 0. The van der Waals surface area contributed by atoms with Crippen molar-refractivity contribution in [3.05, 3.63) is 29.8 Å². The third-order valence-electron chi connectivity index (χ3n) is 4.72. The number of rotatable bonds is 5. The Bertz CT molecular complexity index is 504. The van der Waals surface area contributed by atoms with Crippen molar-refractivity contribution in [3.63, 3.8) is 0 Å². The second-order valence-corrected chi connectivity index (χ2v) is 6.51. The largest absolute Gasteiger partial charge is 0.393 e. The molecule has 5 heteroatoms. The van der Waals surface area contributed by atoms with Crippen LogP contribution >= 0.6 is 0 Å². The number of hydrogen-bond donors (Lipinski definition) is 2. The Hall–Kier alpha value is -1.43. The van der Waals surface area contributed by atoms with Gasteiger partial charge in [-0.05, 0) is 49.8 Å². The van der Waals surface area contributed by atoms with E-state index in [-0.39, 0.29) is 18.1 Å². The van der Waals surface area contributed by atoms with Gasteiger partial charge < -0.3 is 20.1 Å². The Labute approximate surface area is 137 Å². The number of benzene rings is 1. The van der Waals surface area contributed by atoms with E-state index in [9.17, 15) is 9.90 Å². The van der Waals surface area contributed by atoms with Crippen LogP contribution in [0.5, 0.6) is 0 Å². The number of amides is 1. The van der Waals surface area contributed by atoms with Crippen molar-refractivity contribution in [2.75, 3.05) is 31.6 Å². The molecular formula is C18H26N2O3. The fourth-order valence-electron chi connectivity index (χ4n) is 3.19. The van der Waals surface area contributed by atoms with Crippen LogP contribution in [-0.2, 0) is 16.0 Å². The zero-order valence-corrected chi connectivity index (χ0v) is 13.5. The quantitative estimate of drug-likeness (QED) is 0.869. The second-order valence-electron chi connectivity index (χ2n) is 6.51. The lowest BCUT2D eigenvalue weighted by atomic mass is 10.1. The Morgan fingerprint density at radius 1 is 1.22 bits per heavy atom. The van der Waals surface area contributed by atoms with E-state index in [2.05, 4.69) is 22.3 Å². The Morgan fingerprint density at radius 3 is 2.61 bits per heavy atom. The number of aliphatic hydroxyl groups excluding tert-OH is 1. The zero-order valence-electron chi connectivity index (χ0n) is 13.5. The van der Waals surface area contributed by atoms with Crippen molar-refractivity contribution in [2.24, 2.45) is 0 Å². The second kappa shape index (κ2) is 7.90. The summed E-state index contributed by atoms with van der Waals surface area (Å²) in [4.78, 5) is 14.4. The summed E-state index contributed by atoms with van der Waals surface area (Å²) in [5.41, 5.74) is 2.10. The van der Waals surface area contributed by atoms with Gasteiger partial charge in [0.2, 0.25) is 0 Å². The molecule has 0 aromatic heterocycles. The molecule has 1 aromatic rings. The average molecular weight is 318 g/mol. The number of ether oxygens (including phenoxy) is 1. The first kappa shape index (κ1) is 16.4. The van der Waals surface area contributed by atoms with Crippen LogP contribution < -0.4 is 5.32 Å². The Morgan fingerprint density at radius 2 is 1.96 bits per heavy atom. The van der Waals surface area contributed by atoms with Gasteiger partial charge in [0.25, 0.3) is 5.91 Å². The number of anilines is 1. The predicted molar refractivity (Wildman–Crippen MR) is 89.4 cm³/mol. The molecule has 0 bridgehead atoms. The van der Waals surface area contributed by atoms with Gasteiger partial charge in [0, 0.05) is 31.9 Å². The van der Waals surface area contributed by atoms with Crippen molar-refractivity contribution in [1.29, 1.82) is 0 Å². The topological polar surface area (TPSA) is 61.8 Å². The van der Waals surface area contributed by atoms with E-state index in [0.29, 0.717) is 6.61 Å². The number of likely N-dealkylation sites (tertiary alicyclic amines) is 1. The minimum absolute atomic E-state index is 0.0397. The monoisotopic (exact) mass is 318 g/mol. The van der Waals surface area contributed by atoms with E-state index < -0.39 is 0 Å². The third-order valence-corrected chi connectivity index (χ3v) is 4.72. The highest BCUT2D eigenvalue weighted by molar-refractivity contribution is 5.94. The molecule has 0 saturated carbocycles. The molecule has 1 atom stereocenters. The van der Waals surface area contributed by atoms with Crippen LogP contribution in [-0.4, -0.2) is 54.4 Å². The first-order valence-electron chi connectivity index (χ1n) is 8.62. The Kier molecular flexibility index (Phi) is 5.65. The summed E-state index contributed by atoms with van der Waals surface area (Å²) in [5.74, 6) is -0.0397. The van der Waals surface area contributed by atoms with Crippen LogP contribution in [0, 0.1) is 0 Å². The van der Waals surface area contributed by atoms with Crippen molar-refractivity contribution >= 4 is 11.6 Å². The fraction of sp³-hybridized carbons (Fsp3) is 0.611. The standard InChI is InChI=1S/C18H26N2O3/c21-16-8-11-20(12-9-16)10-7-14-3-5-15(6-4-14)19-18(22)17-2-1-13-23-17/h3-6,16-17,21H,1-2,7-13H2,(H,19,22)/t17-/m0/s1. The molecule has 5 nitrogen and oxygen atoms in total. The van der Waals surface area contributed by atoms with Gasteiger partial charge in [-0.3, -0.25) is 4.79 Å². The van der Waals surface area contributed by atoms with Crippen LogP contribution in [0.15, 0.2) is 24.3 Å². The summed E-state index contributed by atoms with van der Waals surface area (Å²) in [6.07, 6.45) is 4.14.